The molecule has 1 saturated heterocycles. The van der Waals surface area contributed by atoms with E-state index in [9.17, 15) is 9.59 Å². The molecule has 2 heterocycles. The van der Waals surface area contributed by atoms with Crippen LogP contribution in [-0.4, -0.2) is 27.8 Å². The zero-order valence-corrected chi connectivity index (χ0v) is 12.1. The zero-order chi connectivity index (χ0) is 14.3. The molecule has 1 unspecified atom stereocenters. The SMILES string of the molecule is CC(=O)SC1CC(=O)N(c2ccc3oc(C)nc3c2)C1. The molecule has 1 fully saturated rings. The lowest BCUT2D eigenvalue weighted by Crippen LogP contribution is -2.24. The molecule has 0 bridgehead atoms. The summed E-state index contributed by atoms with van der Waals surface area (Å²) < 4.78 is 5.42. The predicted molar refractivity (Wildman–Crippen MR) is 77.8 cm³/mol. The molecule has 0 spiro atoms. The number of hydrogen-bond acceptors (Lipinski definition) is 5. The molecule has 1 atom stereocenters. The Labute approximate surface area is 120 Å². The van der Waals surface area contributed by atoms with Crippen molar-refractivity contribution in [3.8, 4) is 0 Å². The molecule has 1 aromatic carbocycles. The highest BCUT2D eigenvalue weighted by Crippen LogP contribution is 2.30. The van der Waals surface area contributed by atoms with Gasteiger partial charge in [0.15, 0.2) is 16.6 Å². The van der Waals surface area contributed by atoms with Crippen LogP contribution in [0.25, 0.3) is 11.1 Å². The number of aromatic nitrogens is 1. The number of anilines is 1. The Bertz CT molecular complexity index is 695. The third-order valence-corrected chi connectivity index (χ3v) is 4.19. The Morgan fingerprint density at radius 2 is 2.30 bits per heavy atom. The first-order valence-corrected chi connectivity index (χ1v) is 7.25. The van der Waals surface area contributed by atoms with Crippen molar-refractivity contribution in [3.63, 3.8) is 0 Å². The van der Waals surface area contributed by atoms with Crippen LogP contribution in [0.1, 0.15) is 19.2 Å². The predicted octanol–water partition coefficient (Wildman–Crippen LogP) is 2.52. The smallest absolute Gasteiger partial charge is 0.228 e. The van der Waals surface area contributed by atoms with Gasteiger partial charge in [0, 0.05) is 37.8 Å². The monoisotopic (exact) mass is 290 g/mol. The van der Waals surface area contributed by atoms with Gasteiger partial charge in [-0.1, -0.05) is 11.8 Å². The highest BCUT2D eigenvalue weighted by molar-refractivity contribution is 8.14. The van der Waals surface area contributed by atoms with Gasteiger partial charge in [-0.05, 0) is 18.2 Å². The fourth-order valence-corrected chi connectivity index (χ4v) is 3.36. The van der Waals surface area contributed by atoms with Crippen molar-refractivity contribution in [1.82, 2.24) is 4.98 Å². The molecule has 0 N–H and O–H groups in total. The summed E-state index contributed by atoms with van der Waals surface area (Å²) in [6.45, 7) is 3.88. The molecule has 1 amide bonds. The molecular weight excluding hydrogens is 276 g/mol. The topological polar surface area (TPSA) is 63.4 Å². The standard InChI is InChI=1S/C14H14N2O3S/c1-8-15-12-5-10(3-4-13(12)19-8)16-7-11(6-14(16)18)20-9(2)17/h3-5,11H,6-7H2,1-2H3. The maximum absolute atomic E-state index is 12.1. The average molecular weight is 290 g/mol. The number of fused-ring (bicyclic) bond motifs is 1. The normalized spacial score (nSPS) is 19.0. The Balaban J connectivity index is 1.87. The Morgan fingerprint density at radius 1 is 1.50 bits per heavy atom. The minimum atomic E-state index is 0.0368. The zero-order valence-electron chi connectivity index (χ0n) is 11.3. The van der Waals surface area contributed by atoms with Gasteiger partial charge in [0.2, 0.25) is 5.91 Å². The van der Waals surface area contributed by atoms with E-state index in [1.165, 1.54) is 18.7 Å². The number of nitrogens with zero attached hydrogens (tertiary/aromatic N) is 2. The van der Waals surface area contributed by atoms with Gasteiger partial charge in [-0.3, -0.25) is 9.59 Å². The molecule has 3 rings (SSSR count). The van der Waals surface area contributed by atoms with E-state index in [0.29, 0.717) is 24.4 Å². The van der Waals surface area contributed by atoms with Crippen LogP contribution in [0.15, 0.2) is 22.6 Å². The molecular formula is C14H14N2O3S. The van der Waals surface area contributed by atoms with Crippen LogP contribution in [0, 0.1) is 6.92 Å². The number of carbonyl (C=O) groups excluding carboxylic acids is 2. The molecule has 6 heteroatoms. The number of benzene rings is 1. The van der Waals surface area contributed by atoms with E-state index in [4.69, 9.17) is 4.42 Å². The van der Waals surface area contributed by atoms with Gasteiger partial charge >= 0.3 is 0 Å². The third kappa shape index (κ3) is 2.43. The van der Waals surface area contributed by atoms with Crippen LogP contribution in [0.3, 0.4) is 0 Å². The van der Waals surface area contributed by atoms with Crippen LogP contribution >= 0.6 is 11.8 Å². The highest BCUT2D eigenvalue weighted by atomic mass is 32.2. The lowest BCUT2D eigenvalue weighted by Gasteiger charge is -2.16. The van der Waals surface area contributed by atoms with Crippen LogP contribution in [0.4, 0.5) is 5.69 Å². The van der Waals surface area contributed by atoms with Gasteiger partial charge in [0.1, 0.15) is 5.52 Å². The van der Waals surface area contributed by atoms with E-state index in [0.717, 1.165) is 11.2 Å². The minimum absolute atomic E-state index is 0.0368. The summed E-state index contributed by atoms with van der Waals surface area (Å²) >= 11 is 1.24. The Hall–Kier alpha value is -1.82. The second-order valence-corrected chi connectivity index (χ2v) is 6.30. The molecule has 0 saturated carbocycles. The second-order valence-electron chi connectivity index (χ2n) is 4.82. The minimum Gasteiger partial charge on any atom is -0.441 e. The number of aryl methyl sites for hydroxylation is 1. The van der Waals surface area contributed by atoms with Gasteiger partial charge in [-0.2, -0.15) is 0 Å². The van der Waals surface area contributed by atoms with Crippen molar-refractivity contribution < 1.29 is 14.0 Å². The van der Waals surface area contributed by atoms with Crippen LogP contribution in [0.5, 0.6) is 0 Å². The van der Waals surface area contributed by atoms with E-state index in [2.05, 4.69) is 4.98 Å². The summed E-state index contributed by atoms with van der Waals surface area (Å²) in [5, 5.41) is 0.0852. The number of thioether (sulfide) groups is 1. The molecule has 1 aliphatic rings. The lowest BCUT2D eigenvalue weighted by molar-refractivity contribution is -0.117. The van der Waals surface area contributed by atoms with Crippen molar-refractivity contribution in [2.75, 3.05) is 11.4 Å². The number of amides is 1. The summed E-state index contributed by atoms with van der Waals surface area (Å²) in [7, 11) is 0. The molecule has 5 nitrogen and oxygen atoms in total. The van der Waals surface area contributed by atoms with Crippen LogP contribution < -0.4 is 4.90 Å². The summed E-state index contributed by atoms with van der Waals surface area (Å²) in [6, 6.07) is 5.53. The molecule has 2 aromatic rings. The van der Waals surface area contributed by atoms with E-state index >= 15 is 0 Å². The Morgan fingerprint density at radius 3 is 3.05 bits per heavy atom. The maximum Gasteiger partial charge on any atom is 0.228 e. The third-order valence-electron chi connectivity index (χ3n) is 3.21. The summed E-state index contributed by atoms with van der Waals surface area (Å²) in [4.78, 5) is 29.2. The molecule has 1 aliphatic heterocycles. The van der Waals surface area contributed by atoms with Gasteiger partial charge in [-0.15, -0.1) is 0 Å². The van der Waals surface area contributed by atoms with Gasteiger partial charge in [0.05, 0.1) is 0 Å². The van der Waals surface area contributed by atoms with Gasteiger partial charge in [-0.25, -0.2) is 4.98 Å². The fourth-order valence-electron chi connectivity index (χ4n) is 2.44. The average Bonchev–Trinajstić information content (AvgIpc) is 2.89. The second kappa shape index (κ2) is 4.94. The van der Waals surface area contributed by atoms with E-state index in [1.807, 2.05) is 18.2 Å². The largest absolute Gasteiger partial charge is 0.441 e. The van der Waals surface area contributed by atoms with Gasteiger partial charge < -0.3 is 9.32 Å². The molecule has 0 aliphatic carbocycles. The number of carbonyl (C=O) groups is 2. The van der Waals surface area contributed by atoms with Crippen LogP contribution in [-0.2, 0) is 9.59 Å². The van der Waals surface area contributed by atoms with E-state index < -0.39 is 0 Å². The first-order valence-electron chi connectivity index (χ1n) is 6.38. The number of oxazole rings is 1. The fraction of sp³-hybridized carbons (Fsp3) is 0.357. The summed E-state index contributed by atoms with van der Waals surface area (Å²) in [5.41, 5.74) is 2.27. The van der Waals surface area contributed by atoms with Crippen molar-refractivity contribution in [2.45, 2.75) is 25.5 Å². The first-order chi connectivity index (χ1) is 9.52. The van der Waals surface area contributed by atoms with Crippen LogP contribution in [0.2, 0.25) is 0 Å². The molecule has 1 aromatic heterocycles. The van der Waals surface area contributed by atoms with Crippen molar-refractivity contribution >= 4 is 39.6 Å². The van der Waals surface area contributed by atoms with Crippen molar-refractivity contribution in [3.05, 3.63) is 24.1 Å². The number of rotatable bonds is 2. The summed E-state index contributed by atoms with van der Waals surface area (Å²) in [6.07, 6.45) is 0.403. The van der Waals surface area contributed by atoms with Gasteiger partial charge in [0.25, 0.3) is 0 Å². The van der Waals surface area contributed by atoms with E-state index in [-0.39, 0.29) is 16.3 Å². The van der Waals surface area contributed by atoms with Crippen molar-refractivity contribution in [2.24, 2.45) is 0 Å². The molecule has 0 radical (unpaired) electrons. The quantitative estimate of drug-likeness (QED) is 0.850. The molecule has 104 valence electrons. The lowest BCUT2D eigenvalue weighted by atomic mass is 10.2. The summed E-state index contributed by atoms with van der Waals surface area (Å²) in [5.74, 6) is 0.651. The van der Waals surface area contributed by atoms with Crippen molar-refractivity contribution in [1.29, 1.82) is 0 Å². The number of hydrogen-bond donors (Lipinski definition) is 0. The maximum atomic E-state index is 12.1. The Kier molecular flexibility index (Phi) is 3.25. The highest BCUT2D eigenvalue weighted by Gasteiger charge is 2.32. The van der Waals surface area contributed by atoms with E-state index in [1.54, 1.807) is 11.8 Å². The first kappa shape index (κ1) is 13.2. The molecule has 20 heavy (non-hydrogen) atoms.